The number of nitrogens with two attached hydrogens (primary N) is 1. The van der Waals surface area contributed by atoms with Gasteiger partial charge >= 0.3 is 0 Å². The molecule has 0 aliphatic carbocycles. The third-order valence-electron chi connectivity index (χ3n) is 3.08. The van der Waals surface area contributed by atoms with Crippen LogP contribution in [-0.2, 0) is 12.8 Å². The predicted octanol–water partition coefficient (Wildman–Crippen LogP) is 3.90. The van der Waals surface area contributed by atoms with E-state index in [1.165, 1.54) is 17.2 Å². The summed E-state index contributed by atoms with van der Waals surface area (Å²) in [6.07, 6.45) is 1.25. The quantitative estimate of drug-likeness (QED) is 0.901. The molecule has 1 nitrogen and oxygen atoms in total. The minimum atomic E-state index is -0.285. The molecule has 2 aromatic rings. The van der Waals surface area contributed by atoms with Crippen LogP contribution in [0.3, 0.4) is 0 Å². The Morgan fingerprint density at radius 3 is 2.63 bits per heavy atom. The average molecular weight is 278 g/mol. The molecule has 0 spiro atoms. The SMILES string of the molecule is Cc1cccc(CC(N)Cc2ccc(Cl)cc2F)c1. The van der Waals surface area contributed by atoms with Crippen LogP contribution in [0.1, 0.15) is 16.7 Å². The monoisotopic (exact) mass is 277 g/mol. The lowest BCUT2D eigenvalue weighted by atomic mass is 9.98. The molecule has 0 aromatic heterocycles. The van der Waals surface area contributed by atoms with Gasteiger partial charge in [0.15, 0.2) is 0 Å². The van der Waals surface area contributed by atoms with Gasteiger partial charge in [-0.3, -0.25) is 0 Å². The molecule has 1 unspecified atom stereocenters. The second-order valence-electron chi connectivity index (χ2n) is 4.89. The molecule has 2 N–H and O–H groups in total. The first-order chi connectivity index (χ1) is 9.04. The second kappa shape index (κ2) is 6.18. The minimum absolute atomic E-state index is 0.0996. The van der Waals surface area contributed by atoms with Crippen LogP contribution in [0.15, 0.2) is 42.5 Å². The predicted molar refractivity (Wildman–Crippen MR) is 78.0 cm³/mol. The van der Waals surface area contributed by atoms with Crippen LogP contribution < -0.4 is 5.73 Å². The largest absolute Gasteiger partial charge is 0.327 e. The average Bonchev–Trinajstić information content (AvgIpc) is 2.33. The topological polar surface area (TPSA) is 26.0 Å². The highest BCUT2D eigenvalue weighted by molar-refractivity contribution is 6.30. The van der Waals surface area contributed by atoms with Crippen molar-refractivity contribution in [3.8, 4) is 0 Å². The van der Waals surface area contributed by atoms with Gasteiger partial charge < -0.3 is 5.73 Å². The molecule has 100 valence electrons. The first-order valence-electron chi connectivity index (χ1n) is 6.29. The van der Waals surface area contributed by atoms with Crippen LogP contribution in [0.25, 0.3) is 0 Å². The molecule has 2 rings (SSSR count). The van der Waals surface area contributed by atoms with Gasteiger partial charge in [-0.25, -0.2) is 4.39 Å². The normalized spacial score (nSPS) is 12.4. The summed E-state index contributed by atoms with van der Waals surface area (Å²) in [6, 6.07) is 12.8. The molecular weight excluding hydrogens is 261 g/mol. The van der Waals surface area contributed by atoms with Crippen molar-refractivity contribution in [2.75, 3.05) is 0 Å². The first kappa shape index (κ1) is 14.0. The van der Waals surface area contributed by atoms with E-state index >= 15 is 0 Å². The highest BCUT2D eigenvalue weighted by atomic mass is 35.5. The fraction of sp³-hybridized carbons (Fsp3) is 0.250. The maximum Gasteiger partial charge on any atom is 0.127 e. The van der Waals surface area contributed by atoms with Crippen molar-refractivity contribution in [1.82, 2.24) is 0 Å². The van der Waals surface area contributed by atoms with E-state index < -0.39 is 0 Å². The van der Waals surface area contributed by atoms with Crippen LogP contribution in [0.5, 0.6) is 0 Å². The summed E-state index contributed by atoms with van der Waals surface area (Å²) < 4.78 is 13.7. The molecule has 0 aliphatic heterocycles. The fourth-order valence-electron chi connectivity index (χ4n) is 2.18. The number of aryl methyl sites for hydroxylation is 1. The van der Waals surface area contributed by atoms with Crippen molar-refractivity contribution in [3.05, 3.63) is 70.0 Å². The van der Waals surface area contributed by atoms with Crippen molar-refractivity contribution in [3.63, 3.8) is 0 Å². The van der Waals surface area contributed by atoms with Gasteiger partial charge in [0.25, 0.3) is 0 Å². The molecule has 0 heterocycles. The Bertz CT molecular complexity index is 568. The molecule has 3 heteroatoms. The van der Waals surface area contributed by atoms with E-state index in [9.17, 15) is 4.39 Å². The number of halogens is 2. The molecule has 0 amide bonds. The summed E-state index contributed by atoms with van der Waals surface area (Å²) in [4.78, 5) is 0. The van der Waals surface area contributed by atoms with E-state index in [-0.39, 0.29) is 11.9 Å². The Morgan fingerprint density at radius 1 is 1.16 bits per heavy atom. The van der Waals surface area contributed by atoms with Gasteiger partial charge in [0.05, 0.1) is 0 Å². The van der Waals surface area contributed by atoms with Gasteiger partial charge in [-0.1, -0.05) is 47.5 Å². The number of hydrogen-bond donors (Lipinski definition) is 1. The van der Waals surface area contributed by atoms with Gasteiger partial charge in [-0.05, 0) is 43.0 Å². The molecule has 0 saturated carbocycles. The maximum atomic E-state index is 13.7. The number of rotatable bonds is 4. The molecule has 19 heavy (non-hydrogen) atoms. The summed E-state index contributed by atoms with van der Waals surface area (Å²) in [6.45, 7) is 2.05. The second-order valence-corrected chi connectivity index (χ2v) is 5.33. The standard InChI is InChI=1S/C16H17ClFN/c1-11-3-2-4-12(7-11)8-15(19)9-13-5-6-14(17)10-16(13)18/h2-7,10,15H,8-9,19H2,1H3. The zero-order valence-corrected chi connectivity index (χ0v) is 11.6. The molecular formula is C16H17ClFN. The molecule has 0 saturated heterocycles. The van der Waals surface area contributed by atoms with Crippen molar-refractivity contribution in [1.29, 1.82) is 0 Å². The van der Waals surface area contributed by atoms with Gasteiger partial charge in [-0.15, -0.1) is 0 Å². The lowest BCUT2D eigenvalue weighted by Crippen LogP contribution is -2.26. The summed E-state index contributed by atoms with van der Waals surface area (Å²) in [5, 5.41) is 0.411. The fourth-order valence-corrected chi connectivity index (χ4v) is 2.34. The molecule has 0 fully saturated rings. The lowest BCUT2D eigenvalue weighted by molar-refractivity contribution is 0.584. The van der Waals surface area contributed by atoms with E-state index in [4.69, 9.17) is 17.3 Å². The van der Waals surface area contributed by atoms with Crippen LogP contribution in [-0.4, -0.2) is 6.04 Å². The summed E-state index contributed by atoms with van der Waals surface area (Å²) in [5.41, 5.74) is 9.10. The smallest absolute Gasteiger partial charge is 0.127 e. The van der Waals surface area contributed by atoms with Crippen molar-refractivity contribution in [2.24, 2.45) is 5.73 Å². The zero-order valence-electron chi connectivity index (χ0n) is 10.9. The number of benzene rings is 2. The van der Waals surface area contributed by atoms with Crippen LogP contribution in [0, 0.1) is 12.7 Å². The van der Waals surface area contributed by atoms with Gasteiger partial charge in [0.2, 0.25) is 0 Å². The summed E-state index contributed by atoms with van der Waals surface area (Å²) in [7, 11) is 0. The van der Waals surface area contributed by atoms with Gasteiger partial charge in [0.1, 0.15) is 5.82 Å². The van der Waals surface area contributed by atoms with E-state index in [0.29, 0.717) is 17.0 Å². The van der Waals surface area contributed by atoms with Crippen LogP contribution >= 0.6 is 11.6 Å². The molecule has 1 atom stereocenters. The Kier molecular flexibility index (Phi) is 4.56. The lowest BCUT2D eigenvalue weighted by Gasteiger charge is -2.13. The molecule has 0 bridgehead atoms. The van der Waals surface area contributed by atoms with Gasteiger partial charge in [-0.2, -0.15) is 0 Å². The Labute approximate surface area is 118 Å². The van der Waals surface area contributed by atoms with Crippen molar-refractivity contribution in [2.45, 2.75) is 25.8 Å². The summed E-state index contributed by atoms with van der Waals surface area (Å²) in [5.74, 6) is -0.285. The minimum Gasteiger partial charge on any atom is -0.327 e. The number of hydrogen-bond acceptors (Lipinski definition) is 1. The highest BCUT2D eigenvalue weighted by Gasteiger charge is 2.09. The van der Waals surface area contributed by atoms with Crippen LogP contribution in [0.4, 0.5) is 4.39 Å². The third kappa shape index (κ3) is 4.05. The van der Waals surface area contributed by atoms with Crippen molar-refractivity contribution >= 4 is 11.6 Å². The first-order valence-corrected chi connectivity index (χ1v) is 6.67. The molecule has 2 aromatic carbocycles. The Hall–Kier alpha value is -1.38. The third-order valence-corrected chi connectivity index (χ3v) is 3.31. The van der Waals surface area contributed by atoms with E-state index in [1.54, 1.807) is 12.1 Å². The van der Waals surface area contributed by atoms with E-state index in [1.807, 2.05) is 25.1 Å². The molecule has 0 radical (unpaired) electrons. The zero-order chi connectivity index (χ0) is 13.8. The Morgan fingerprint density at radius 2 is 1.95 bits per heavy atom. The van der Waals surface area contributed by atoms with Crippen LogP contribution in [0.2, 0.25) is 5.02 Å². The summed E-state index contributed by atoms with van der Waals surface area (Å²) >= 11 is 5.73. The molecule has 0 aliphatic rings. The van der Waals surface area contributed by atoms with E-state index in [0.717, 1.165) is 6.42 Å². The van der Waals surface area contributed by atoms with E-state index in [2.05, 4.69) is 6.07 Å². The highest BCUT2D eigenvalue weighted by Crippen LogP contribution is 2.17. The van der Waals surface area contributed by atoms with Crippen molar-refractivity contribution < 1.29 is 4.39 Å². The van der Waals surface area contributed by atoms with Gasteiger partial charge in [0, 0.05) is 11.1 Å². The Balaban J connectivity index is 2.03. The maximum absolute atomic E-state index is 13.7.